The van der Waals surface area contributed by atoms with E-state index < -0.39 is 11.7 Å². The zero-order chi connectivity index (χ0) is 17.9. The largest absolute Gasteiger partial charge is 0.416 e. The van der Waals surface area contributed by atoms with Crippen LogP contribution in [0.2, 0.25) is 0 Å². The van der Waals surface area contributed by atoms with Crippen LogP contribution in [0.1, 0.15) is 35.2 Å². The molecule has 2 N–H and O–H groups in total. The van der Waals surface area contributed by atoms with Crippen molar-refractivity contribution in [1.29, 1.82) is 0 Å². The van der Waals surface area contributed by atoms with Gasteiger partial charge >= 0.3 is 6.18 Å². The van der Waals surface area contributed by atoms with E-state index in [1.165, 1.54) is 12.1 Å². The Morgan fingerprint density at radius 2 is 1.67 bits per heavy atom. The molecule has 1 atom stereocenters. The quantitative estimate of drug-likeness (QED) is 0.726. The molecule has 6 heteroatoms. The third-order valence-electron chi connectivity index (χ3n) is 3.72. The first-order chi connectivity index (χ1) is 11.2. The van der Waals surface area contributed by atoms with Crippen molar-refractivity contribution >= 4 is 23.0 Å². The number of hydrogen-bond acceptors (Lipinski definition) is 1. The summed E-state index contributed by atoms with van der Waals surface area (Å²) in [5.41, 5.74) is 3.26. The van der Waals surface area contributed by atoms with Crippen LogP contribution in [0.3, 0.4) is 0 Å². The van der Waals surface area contributed by atoms with E-state index in [1.54, 1.807) is 0 Å². The van der Waals surface area contributed by atoms with Gasteiger partial charge < -0.3 is 10.6 Å². The average molecular weight is 352 g/mol. The zero-order valence-electron chi connectivity index (χ0n) is 13.7. The zero-order valence-corrected chi connectivity index (χ0v) is 14.5. The Labute approximate surface area is 145 Å². The standard InChI is InChI=1S/C18H19F3N2S/c1-11-4-5-12(2)16(10-11)13(3)22-17(24)23-15-8-6-14(7-9-15)18(19,20)21/h4-10,13H,1-3H3,(H2,22,23,24)/t13-/m1/s1. The van der Waals surface area contributed by atoms with Gasteiger partial charge in [-0.1, -0.05) is 23.8 Å². The van der Waals surface area contributed by atoms with Crippen LogP contribution in [0.5, 0.6) is 0 Å². The molecule has 0 amide bonds. The molecule has 0 heterocycles. The summed E-state index contributed by atoms with van der Waals surface area (Å²) in [6.45, 7) is 6.04. The van der Waals surface area contributed by atoms with E-state index in [1.807, 2.05) is 26.8 Å². The molecule has 0 unspecified atom stereocenters. The van der Waals surface area contributed by atoms with E-state index in [2.05, 4.69) is 22.8 Å². The fourth-order valence-electron chi connectivity index (χ4n) is 2.41. The van der Waals surface area contributed by atoms with Crippen molar-refractivity contribution in [2.24, 2.45) is 0 Å². The van der Waals surface area contributed by atoms with Crippen LogP contribution in [0.25, 0.3) is 0 Å². The minimum Gasteiger partial charge on any atom is -0.356 e. The SMILES string of the molecule is Cc1ccc(C)c([C@@H](C)NC(=S)Nc2ccc(C(F)(F)F)cc2)c1. The Bertz CT molecular complexity index is 724. The molecule has 0 bridgehead atoms. The summed E-state index contributed by atoms with van der Waals surface area (Å²) in [4.78, 5) is 0. The number of thiocarbonyl (C=S) groups is 1. The molecule has 0 aromatic heterocycles. The van der Waals surface area contributed by atoms with E-state index in [4.69, 9.17) is 12.2 Å². The Balaban J connectivity index is 2.01. The smallest absolute Gasteiger partial charge is 0.356 e. The van der Waals surface area contributed by atoms with Gasteiger partial charge in [-0.3, -0.25) is 0 Å². The predicted molar refractivity (Wildman–Crippen MR) is 95.1 cm³/mol. The Hall–Kier alpha value is -2.08. The van der Waals surface area contributed by atoms with Crippen LogP contribution in [-0.4, -0.2) is 5.11 Å². The summed E-state index contributed by atoms with van der Waals surface area (Å²) in [5, 5.41) is 6.43. The highest BCUT2D eigenvalue weighted by molar-refractivity contribution is 7.80. The second-order valence-electron chi connectivity index (χ2n) is 5.76. The summed E-state index contributed by atoms with van der Waals surface area (Å²) in [6.07, 6.45) is -4.34. The molecule has 24 heavy (non-hydrogen) atoms. The molecule has 0 saturated heterocycles. The molecule has 0 radical (unpaired) electrons. The Morgan fingerprint density at radius 1 is 1.04 bits per heavy atom. The Morgan fingerprint density at radius 3 is 2.25 bits per heavy atom. The molecule has 2 aromatic carbocycles. The molecule has 2 aromatic rings. The van der Waals surface area contributed by atoms with Crippen molar-refractivity contribution < 1.29 is 13.2 Å². The van der Waals surface area contributed by atoms with Crippen molar-refractivity contribution in [3.8, 4) is 0 Å². The summed E-state index contributed by atoms with van der Waals surface area (Å²) < 4.78 is 37.7. The van der Waals surface area contributed by atoms with Crippen molar-refractivity contribution in [2.45, 2.75) is 33.0 Å². The molecule has 0 saturated carbocycles. The van der Waals surface area contributed by atoms with Gasteiger partial charge in [-0.05, 0) is 68.4 Å². The Kier molecular flexibility index (Phi) is 5.49. The first-order valence-corrected chi connectivity index (χ1v) is 7.89. The minimum atomic E-state index is -4.34. The second kappa shape index (κ2) is 7.21. The number of hydrogen-bond donors (Lipinski definition) is 2. The number of halogens is 3. The summed E-state index contributed by atoms with van der Waals surface area (Å²) in [6, 6.07) is 10.9. The van der Waals surface area contributed by atoms with E-state index in [0.717, 1.165) is 28.8 Å². The number of nitrogens with one attached hydrogen (secondary N) is 2. The maximum atomic E-state index is 12.6. The van der Waals surface area contributed by atoms with Gasteiger partial charge in [0, 0.05) is 5.69 Å². The summed E-state index contributed by atoms with van der Waals surface area (Å²) in [5.74, 6) is 0. The first-order valence-electron chi connectivity index (χ1n) is 7.49. The first kappa shape index (κ1) is 18.3. The van der Waals surface area contributed by atoms with Crippen LogP contribution in [0.4, 0.5) is 18.9 Å². The van der Waals surface area contributed by atoms with E-state index in [-0.39, 0.29) is 6.04 Å². The number of rotatable bonds is 3. The second-order valence-corrected chi connectivity index (χ2v) is 6.16. The molecule has 2 rings (SSSR count). The lowest BCUT2D eigenvalue weighted by molar-refractivity contribution is -0.137. The van der Waals surface area contributed by atoms with Gasteiger partial charge in [0.1, 0.15) is 0 Å². The molecule has 2 nitrogen and oxygen atoms in total. The van der Waals surface area contributed by atoms with Gasteiger partial charge in [0.15, 0.2) is 5.11 Å². The maximum Gasteiger partial charge on any atom is 0.416 e. The number of anilines is 1. The average Bonchev–Trinajstić information content (AvgIpc) is 2.49. The van der Waals surface area contributed by atoms with E-state index >= 15 is 0 Å². The van der Waals surface area contributed by atoms with Gasteiger partial charge in [0.05, 0.1) is 11.6 Å². The number of aryl methyl sites for hydroxylation is 2. The van der Waals surface area contributed by atoms with Gasteiger partial charge in [0.2, 0.25) is 0 Å². The number of benzene rings is 2. The predicted octanol–water partition coefficient (Wildman–Crippen LogP) is 5.37. The van der Waals surface area contributed by atoms with Gasteiger partial charge in [-0.2, -0.15) is 13.2 Å². The molecule has 0 aliphatic carbocycles. The third kappa shape index (κ3) is 4.71. The van der Waals surface area contributed by atoms with Gasteiger partial charge in [0.25, 0.3) is 0 Å². The highest BCUT2D eigenvalue weighted by Crippen LogP contribution is 2.29. The fourth-order valence-corrected chi connectivity index (χ4v) is 2.71. The molecular formula is C18H19F3N2S. The molecule has 0 fully saturated rings. The third-order valence-corrected chi connectivity index (χ3v) is 3.94. The van der Waals surface area contributed by atoms with Crippen LogP contribution in [-0.2, 0) is 6.18 Å². The molecule has 0 spiro atoms. The van der Waals surface area contributed by atoms with Gasteiger partial charge in [-0.25, -0.2) is 0 Å². The number of alkyl halides is 3. The van der Waals surface area contributed by atoms with Crippen LogP contribution in [0.15, 0.2) is 42.5 Å². The van der Waals surface area contributed by atoms with Crippen LogP contribution >= 0.6 is 12.2 Å². The van der Waals surface area contributed by atoms with Gasteiger partial charge in [-0.15, -0.1) is 0 Å². The van der Waals surface area contributed by atoms with Crippen LogP contribution in [0, 0.1) is 13.8 Å². The monoisotopic (exact) mass is 352 g/mol. The maximum absolute atomic E-state index is 12.6. The van der Waals surface area contributed by atoms with Crippen LogP contribution < -0.4 is 10.6 Å². The molecule has 128 valence electrons. The lowest BCUT2D eigenvalue weighted by Crippen LogP contribution is -2.31. The van der Waals surface area contributed by atoms with Crippen molar-refractivity contribution in [2.75, 3.05) is 5.32 Å². The highest BCUT2D eigenvalue weighted by Gasteiger charge is 2.29. The van der Waals surface area contributed by atoms with Crippen molar-refractivity contribution in [3.05, 3.63) is 64.7 Å². The normalized spacial score (nSPS) is 12.6. The minimum absolute atomic E-state index is 0.0145. The van der Waals surface area contributed by atoms with Crippen molar-refractivity contribution in [1.82, 2.24) is 5.32 Å². The summed E-state index contributed by atoms with van der Waals surface area (Å²) >= 11 is 5.25. The molecule has 0 aliphatic heterocycles. The lowest BCUT2D eigenvalue weighted by Gasteiger charge is -2.20. The van der Waals surface area contributed by atoms with E-state index in [9.17, 15) is 13.2 Å². The van der Waals surface area contributed by atoms with Crippen molar-refractivity contribution in [3.63, 3.8) is 0 Å². The summed E-state index contributed by atoms with van der Waals surface area (Å²) in [7, 11) is 0. The highest BCUT2D eigenvalue weighted by atomic mass is 32.1. The van der Waals surface area contributed by atoms with E-state index in [0.29, 0.717) is 10.8 Å². The molecule has 0 aliphatic rings. The fraction of sp³-hybridized carbons (Fsp3) is 0.278. The topological polar surface area (TPSA) is 24.1 Å². The lowest BCUT2D eigenvalue weighted by atomic mass is 10.0. The molecular weight excluding hydrogens is 333 g/mol.